The molecule has 0 aliphatic carbocycles. The molecule has 3 aromatic rings. The van der Waals surface area contributed by atoms with Crippen LogP contribution in [-0.4, -0.2) is 60.2 Å². The molecule has 1 N–H and O–H groups in total. The number of carboxylic acid groups (broad SMARTS) is 1. The number of pyridine rings is 1. The molecule has 2 aromatic carbocycles. The standard InChI is InChI=1S/C27H30N4O2.2ClH/c32-27(33)23-9-5-14-28-26(23)30-19-17-29(18-20-30)15-6-16-31-24-10-3-1-7-21(24)12-13-22-8-2-4-11-25(22)31;;/h1-5,7-11,14H,6,12-13,15-20H2,(H,32,33);2*1H. The van der Waals surface area contributed by atoms with Crippen LogP contribution in [0.25, 0.3) is 0 Å². The number of carbonyl (C=O) groups is 1. The maximum Gasteiger partial charge on any atom is 0.339 e. The van der Waals surface area contributed by atoms with Crippen LogP contribution in [0.2, 0.25) is 0 Å². The number of nitrogens with zero attached hydrogens (tertiary/aromatic N) is 4. The number of halogens is 2. The fourth-order valence-electron chi connectivity index (χ4n) is 5.06. The van der Waals surface area contributed by atoms with Gasteiger partial charge < -0.3 is 14.9 Å². The molecule has 0 bridgehead atoms. The van der Waals surface area contributed by atoms with E-state index in [9.17, 15) is 9.90 Å². The van der Waals surface area contributed by atoms with Gasteiger partial charge in [0.05, 0.1) is 0 Å². The number of para-hydroxylation sites is 2. The fraction of sp³-hybridized carbons (Fsp3) is 0.333. The number of benzene rings is 2. The first-order valence-electron chi connectivity index (χ1n) is 11.8. The number of carboxylic acids is 1. The molecule has 2 aliphatic heterocycles. The van der Waals surface area contributed by atoms with Gasteiger partial charge in [0.2, 0.25) is 0 Å². The number of rotatable bonds is 6. The lowest BCUT2D eigenvalue weighted by atomic mass is 10.0. The summed E-state index contributed by atoms with van der Waals surface area (Å²) in [6.07, 6.45) is 4.91. The van der Waals surface area contributed by atoms with Crippen LogP contribution in [0.5, 0.6) is 0 Å². The van der Waals surface area contributed by atoms with Gasteiger partial charge in [0, 0.05) is 50.3 Å². The van der Waals surface area contributed by atoms with Crippen molar-refractivity contribution in [2.24, 2.45) is 0 Å². The van der Waals surface area contributed by atoms with Crippen molar-refractivity contribution in [1.29, 1.82) is 0 Å². The molecule has 0 unspecified atom stereocenters. The molecule has 0 amide bonds. The summed E-state index contributed by atoms with van der Waals surface area (Å²) in [5.74, 6) is -0.332. The largest absolute Gasteiger partial charge is 0.478 e. The maximum absolute atomic E-state index is 11.5. The lowest BCUT2D eigenvalue weighted by molar-refractivity contribution is 0.0697. The van der Waals surface area contributed by atoms with E-state index >= 15 is 0 Å². The first-order valence-corrected chi connectivity index (χ1v) is 11.8. The SMILES string of the molecule is Cl.Cl.O=C(O)c1cccnc1N1CCN(CCCN2c3ccccc3CCc3ccccc32)CC1. The van der Waals surface area contributed by atoms with Gasteiger partial charge in [-0.25, -0.2) is 9.78 Å². The van der Waals surface area contributed by atoms with Gasteiger partial charge in [-0.3, -0.25) is 4.90 Å². The molecule has 186 valence electrons. The van der Waals surface area contributed by atoms with E-state index in [1.54, 1.807) is 18.3 Å². The molecule has 35 heavy (non-hydrogen) atoms. The minimum Gasteiger partial charge on any atom is -0.478 e. The van der Waals surface area contributed by atoms with Crippen LogP contribution in [-0.2, 0) is 12.8 Å². The lowest BCUT2D eigenvalue weighted by Gasteiger charge is -2.36. The molecule has 1 fully saturated rings. The first-order chi connectivity index (χ1) is 16.2. The Morgan fingerprint density at radius 1 is 0.800 bits per heavy atom. The third-order valence-electron chi connectivity index (χ3n) is 6.77. The van der Waals surface area contributed by atoms with E-state index in [4.69, 9.17) is 0 Å². The van der Waals surface area contributed by atoms with E-state index in [1.807, 2.05) is 0 Å². The molecular formula is C27H32Cl2N4O2. The van der Waals surface area contributed by atoms with Crippen molar-refractivity contribution in [1.82, 2.24) is 9.88 Å². The Balaban J connectivity index is 0.00000171. The molecule has 3 heterocycles. The smallest absolute Gasteiger partial charge is 0.339 e. The van der Waals surface area contributed by atoms with E-state index in [0.29, 0.717) is 5.82 Å². The summed E-state index contributed by atoms with van der Waals surface area (Å²) in [7, 11) is 0. The second-order valence-electron chi connectivity index (χ2n) is 8.77. The zero-order valence-corrected chi connectivity index (χ0v) is 21.3. The summed E-state index contributed by atoms with van der Waals surface area (Å²) in [6.45, 7) is 5.45. The van der Waals surface area contributed by atoms with Crippen LogP contribution >= 0.6 is 24.8 Å². The van der Waals surface area contributed by atoms with E-state index in [1.165, 1.54) is 22.5 Å². The Morgan fingerprint density at radius 3 is 2.00 bits per heavy atom. The molecular weight excluding hydrogens is 483 g/mol. The van der Waals surface area contributed by atoms with Crippen molar-refractivity contribution < 1.29 is 9.90 Å². The lowest BCUT2D eigenvalue weighted by Crippen LogP contribution is -2.47. The van der Waals surface area contributed by atoms with Crippen molar-refractivity contribution in [2.45, 2.75) is 19.3 Å². The third-order valence-corrected chi connectivity index (χ3v) is 6.77. The summed E-state index contributed by atoms with van der Waals surface area (Å²) in [5, 5.41) is 9.47. The Kier molecular flexibility index (Phi) is 9.38. The number of aromatic nitrogens is 1. The van der Waals surface area contributed by atoms with Crippen LogP contribution in [0.3, 0.4) is 0 Å². The molecule has 1 aromatic heterocycles. The van der Waals surface area contributed by atoms with E-state index in [0.717, 1.165) is 58.5 Å². The van der Waals surface area contributed by atoms with E-state index in [2.05, 4.69) is 68.2 Å². The Bertz CT molecular complexity index is 1090. The Hall–Kier alpha value is -2.80. The predicted octanol–water partition coefficient (Wildman–Crippen LogP) is 5.07. The molecule has 1 saturated heterocycles. The second-order valence-corrected chi connectivity index (χ2v) is 8.77. The summed E-state index contributed by atoms with van der Waals surface area (Å²) in [5.41, 5.74) is 5.80. The molecule has 0 atom stereocenters. The number of hydrogen-bond donors (Lipinski definition) is 1. The number of aromatic carboxylic acids is 1. The summed E-state index contributed by atoms with van der Waals surface area (Å²) in [4.78, 5) is 23.0. The third kappa shape index (κ3) is 5.89. The van der Waals surface area contributed by atoms with Gasteiger partial charge in [-0.2, -0.15) is 0 Å². The molecule has 5 rings (SSSR count). The summed E-state index contributed by atoms with van der Waals surface area (Å²) in [6, 6.07) is 20.9. The van der Waals surface area contributed by atoms with Gasteiger partial charge in [-0.05, 0) is 61.2 Å². The van der Waals surface area contributed by atoms with Gasteiger partial charge in [0.25, 0.3) is 0 Å². The van der Waals surface area contributed by atoms with Gasteiger partial charge in [0.15, 0.2) is 0 Å². The summed E-state index contributed by atoms with van der Waals surface area (Å²) >= 11 is 0. The van der Waals surface area contributed by atoms with Crippen LogP contribution in [0.1, 0.15) is 27.9 Å². The van der Waals surface area contributed by atoms with Crippen LogP contribution in [0.15, 0.2) is 66.9 Å². The number of hydrogen-bond acceptors (Lipinski definition) is 5. The number of piperazine rings is 1. The Morgan fingerprint density at radius 2 is 1.40 bits per heavy atom. The number of anilines is 3. The van der Waals surface area contributed by atoms with Crippen LogP contribution in [0.4, 0.5) is 17.2 Å². The van der Waals surface area contributed by atoms with Crippen molar-refractivity contribution in [3.8, 4) is 0 Å². The first kappa shape index (κ1) is 26.8. The normalized spacial score (nSPS) is 15.2. The van der Waals surface area contributed by atoms with Gasteiger partial charge in [-0.15, -0.1) is 24.8 Å². The highest BCUT2D eigenvalue weighted by atomic mass is 35.5. The van der Waals surface area contributed by atoms with E-state index < -0.39 is 5.97 Å². The van der Waals surface area contributed by atoms with Gasteiger partial charge in [-0.1, -0.05) is 36.4 Å². The highest BCUT2D eigenvalue weighted by Crippen LogP contribution is 2.35. The van der Waals surface area contributed by atoms with Crippen LogP contribution in [0, 0.1) is 0 Å². The highest BCUT2D eigenvalue weighted by Gasteiger charge is 2.23. The second kappa shape index (κ2) is 12.2. The molecule has 8 heteroatoms. The van der Waals surface area contributed by atoms with E-state index in [-0.39, 0.29) is 30.4 Å². The zero-order chi connectivity index (χ0) is 22.6. The minimum atomic E-state index is -0.918. The van der Waals surface area contributed by atoms with Gasteiger partial charge >= 0.3 is 5.97 Å². The van der Waals surface area contributed by atoms with Crippen molar-refractivity contribution in [2.75, 3.05) is 49.1 Å². The average Bonchev–Trinajstić information content (AvgIpc) is 3.02. The number of aryl methyl sites for hydroxylation is 2. The zero-order valence-electron chi connectivity index (χ0n) is 19.7. The van der Waals surface area contributed by atoms with Crippen molar-refractivity contribution >= 4 is 48.0 Å². The fourth-order valence-corrected chi connectivity index (χ4v) is 5.06. The topological polar surface area (TPSA) is 59.9 Å². The highest BCUT2D eigenvalue weighted by molar-refractivity contribution is 5.93. The van der Waals surface area contributed by atoms with Crippen LogP contribution < -0.4 is 9.80 Å². The molecule has 0 spiro atoms. The molecule has 2 aliphatic rings. The van der Waals surface area contributed by atoms with Crippen molar-refractivity contribution in [3.05, 3.63) is 83.6 Å². The number of fused-ring (bicyclic) bond motifs is 2. The Labute approximate surface area is 219 Å². The monoisotopic (exact) mass is 514 g/mol. The molecule has 0 radical (unpaired) electrons. The molecule has 0 saturated carbocycles. The van der Waals surface area contributed by atoms with Crippen molar-refractivity contribution in [3.63, 3.8) is 0 Å². The average molecular weight is 515 g/mol. The quantitative estimate of drug-likeness (QED) is 0.495. The molecule has 6 nitrogen and oxygen atoms in total. The maximum atomic E-state index is 11.5. The summed E-state index contributed by atoms with van der Waals surface area (Å²) < 4.78 is 0. The predicted molar refractivity (Wildman–Crippen MR) is 146 cm³/mol. The minimum absolute atomic E-state index is 0. The van der Waals surface area contributed by atoms with Gasteiger partial charge in [0.1, 0.15) is 11.4 Å².